The molecular weight excluding hydrogens is 344 g/mol. The Kier molecular flexibility index (Phi) is 6.97. The van der Waals surface area contributed by atoms with Crippen molar-refractivity contribution in [2.75, 3.05) is 26.2 Å². The van der Waals surface area contributed by atoms with Crippen molar-refractivity contribution < 1.29 is 23.0 Å². The molecule has 3 N–H and O–H groups in total. The summed E-state index contributed by atoms with van der Waals surface area (Å²) in [6, 6.07) is 6.52. The van der Waals surface area contributed by atoms with Crippen molar-refractivity contribution in [2.24, 2.45) is 4.99 Å². The van der Waals surface area contributed by atoms with Crippen molar-refractivity contribution in [3.63, 3.8) is 0 Å². The van der Waals surface area contributed by atoms with Gasteiger partial charge in [0.25, 0.3) is 0 Å². The van der Waals surface area contributed by atoms with Crippen LogP contribution in [0.15, 0.2) is 46.0 Å². The molecule has 2 aromatic rings. The maximum atomic E-state index is 13.5. The Morgan fingerprint density at radius 1 is 1.31 bits per heavy atom. The Balaban J connectivity index is 1.85. The van der Waals surface area contributed by atoms with Gasteiger partial charge in [-0.3, -0.25) is 0 Å². The third kappa shape index (κ3) is 5.73. The number of furan rings is 1. The minimum absolute atomic E-state index is 0.0177. The Labute approximate surface area is 150 Å². The molecule has 0 aliphatic heterocycles. The highest BCUT2D eigenvalue weighted by Gasteiger charge is 2.26. The summed E-state index contributed by atoms with van der Waals surface area (Å²) in [5.74, 6) is -0.524. The molecule has 0 aliphatic rings. The molecule has 0 fully saturated rings. The fourth-order valence-corrected chi connectivity index (χ4v) is 2.16. The summed E-state index contributed by atoms with van der Waals surface area (Å²) < 4.78 is 36.8. The molecule has 0 amide bonds. The first-order chi connectivity index (χ1) is 12.4. The molecule has 2 rings (SSSR count). The van der Waals surface area contributed by atoms with Gasteiger partial charge in [-0.25, -0.2) is 13.8 Å². The predicted molar refractivity (Wildman–Crippen MR) is 94.1 cm³/mol. The molecule has 1 aromatic heterocycles. The van der Waals surface area contributed by atoms with Gasteiger partial charge in [-0.2, -0.15) is 0 Å². The van der Waals surface area contributed by atoms with Gasteiger partial charge < -0.3 is 24.9 Å². The van der Waals surface area contributed by atoms with Crippen LogP contribution in [0.5, 0.6) is 5.75 Å². The molecule has 0 saturated carbocycles. The average molecular weight is 367 g/mol. The number of guanidine groups is 1. The molecule has 0 bridgehead atoms. The number of halogens is 2. The Morgan fingerprint density at radius 3 is 2.77 bits per heavy atom. The van der Waals surface area contributed by atoms with Crippen LogP contribution in [0.4, 0.5) is 8.78 Å². The summed E-state index contributed by atoms with van der Waals surface area (Å²) in [6.07, 6.45) is 1.49. The summed E-state index contributed by atoms with van der Waals surface area (Å²) in [5, 5.41) is 16.5. The molecule has 26 heavy (non-hydrogen) atoms. The number of nitrogens with one attached hydrogen (secondary N) is 2. The lowest BCUT2D eigenvalue weighted by Gasteiger charge is -2.19. The van der Waals surface area contributed by atoms with Gasteiger partial charge in [0.05, 0.1) is 19.4 Å². The zero-order valence-corrected chi connectivity index (χ0v) is 14.8. The Hall–Kier alpha value is -2.61. The van der Waals surface area contributed by atoms with Crippen LogP contribution in [-0.4, -0.2) is 37.3 Å². The first kappa shape index (κ1) is 19.7. The van der Waals surface area contributed by atoms with Crippen LogP contribution in [0.25, 0.3) is 0 Å². The largest absolute Gasteiger partial charge is 0.489 e. The van der Waals surface area contributed by atoms with E-state index in [0.29, 0.717) is 24.8 Å². The van der Waals surface area contributed by atoms with Gasteiger partial charge in [0, 0.05) is 12.6 Å². The molecule has 1 unspecified atom stereocenters. The van der Waals surface area contributed by atoms with Crippen LogP contribution in [0.3, 0.4) is 0 Å². The number of rotatable bonds is 8. The first-order valence-corrected chi connectivity index (χ1v) is 8.29. The molecule has 1 atom stereocenters. The second-order valence-corrected chi connectivity index (χ2v) is 5.80. The maximum Gasteiger partial charge on any atom is 0.191 e. The Bertz CT molecular complexity index is 718. The third-order valence-electron chi connectivity index (χ3n) is 3.49. The molecule has 1 heterocycles. The van der Waals surface area contributed by atoms with Gasteiger partial charge in [0.2, 0.25) is 0 Å². The monoisotopic (exact) mass is 367 g/mol. The van der Waals surface area contributed by atoms with E-state index in [4.69, 9.17) is 9.15 Å². The van der Waals surface area contributed by atoms with Crippen molar-refractivity contribution in [1.82, 2.24) is 10.6 Å². The molecule has 1 aromatic carbocycles. The number of hydrogen-bond acceptors (Lipinski definition) is 4. The molecule has 142 valence electrons. The standard InChI is InChI=1S/C18H23F2N3O3/c1-3-21-17(23-12-18(2,24)16-5-4-9-26-16)22-8-10-25-15-7-6-13(19)11-14(15)20/h4-7,9,11,24H,3,8,10,12H2,1-2H3,(H2,21,22,23). The number of ether oxygens (including phenoxy) is 1. The second kappa shape index (κ2) is 9.19. The van der Waals surface area contributed by atoms with Crippen molar-refractivity contribution in [1.29, 1.82) is 0 Å². The number of aliphatic imine (C=N–C) groups is 1. The van der Waals surface area contributed by atoms with Crippen LogP contribution in [0.2, 0.25) is 0 Å². The number of nitrogens with zero attached hydrogens (tertiary/aromatic N) is 1. The molecule has 6 nitrogen and oxygen atoms in total. The highest BCUT2D eigenvalue weighted by Crippen LogP contribution is 2.21. The molecule has 0 radical (unpaired) electrons. The summed E-state index contributed by atoms with van der Waals surface area (Å²) in [4.78, 5) is 4.32. The quantitative estimate of drug-likeness (QED) is 0.379. The van der Waals surface area contributed by atoms with Crippen molar-refractivity contribution in [3.05, 3.63) is 54.0 Å². The van der Waals surface area contributed by atoms with Gasteiger partial charge in [0.15, 0.2) is 17.5 Å². The highest BCUT2D eigenvalue weighted by atomic mass is 19.1. The fraction of sp³-hybridized carbons (Fsp3) is 0.389. The van der Waals surface area contributed by atoms with E-state index in [2.05, 4.69) is 15.6 Å². The molecular formula is C18H23F2N3O3. The van der Waals surface area contributed by atoms with E-state index in [1.165, 1.54) is 12.3 Å². The topological polar surface area (TPSA) is 79.0 Å². The fourth-order valence-electron chi connectivity index (χ4n) is 2.16. The van der Waals surface area contributed by atoms with Crippen molar-refractivity contribution >= 4 is 5.96 Å². The molecule has 0 saturated heterocycles. The lowest BCUT2D eigenvalue weighted by Crippen LogP contribution is -2.40. The van der Waals surface area contributed by atoms with Crippen molar-refractivity contribution in [3.8, 4) is 5.75 Å². The smallest absolute Gasteiger partial charge is 0.191 e. The van der Waals surface area contributed by atoms with E-state index in [1.807, 2.05) is 6.92 Å². The van der Waals surface area contributed by atoms with Crippen LogP contribution >= 0.6 is 0 Å². The van der Waals surface area contributed by atoms with E-state index in [-0.39, 0.29) is 18.9 Å². The minimum Gasteiger partial charge on any atom is -0.489 e. The second-order valence-electron chi connectivity index (χ2n) is 5.80. The normalized spacial score (nSPS) is 14.0. The van der Waals surface area contributed by atoms with Crippen LogP contribution < -0.4 is 15.4 Å². The van der Waals surface area contributed by atoms with E-state index >= 15 is 0 Å². The number of hydrogen-bond donors (Lipinski definition) is 3. The van der Waals surface area contributed by atoms with E-state index in [1.54, 1.807) is 19.1 Å². The van der Waals surface area contributed by atoms with E-state index in [9.17, 15) is 13.9 Å². The van der Waals surface area contributed by atoms with Gasteiger partial charge in [0.1, 0.15) is 23.8 Å². The van der Waals surface area contributed by atoms with Gasteiger partial charge in [-0.15, -0.1) is 0 Å². The average Bonchev–Trinajstić information content (AvgIpc) is 3.13. The SMILES string of the molecule is CCNC(=NCC(C)(O)c1ccco1)NCCOc1ccc(F)cc1F. The molecule has 0 spiro atoms. The summed E-state index contributed by atoms with van der Waals surface area (Å²) in [7, 11) is 0. The number of benzene rings is 1. The first-order valence-electron chi connectivity index (χ1n) is 8.29. The van der Waals surface area contributed by atoms with Crippen molar-refractivity contribution in [2.45, 2.75) is 19.4 Å². The van der Waals surface area contributed by atoms with Crippen LogP contribution in [0, 0.1) is 11.6 Å². The van der Waals surface area contributed by atoms with Gasteiger partial charge >= 0.3 is 0 Å². The van der Waals surface area contributed by atoms with E-state index < -0.39 is 17.2 Å². The molecule has 0 aliphatic carbocycles. The predicted octanol–water partition coefficient (Wildman–Crippen LogP) is 2.40. The zero-order chi connectivity index (χ0) is 19.0. The van der Waals surface area contributed by atoms with Crippen LogP contribution in [0.1, 0.15) is 19.6 Å². The van der Waals surface area contributed by atoms with Gasteiger partial charge in [-0.1, -0.05) is 0 Å². The maximum absolute atomic E-state index is 13.5. The highest BCUT2D eigenvalue weighted by molar-refractivity contribution is 5.79. The summed E-state index contributed by atoms with van der Waals surface area (Å²) in [5.41, 5.74) is -1.24. The minimum atomic E-state index is -1.24. The summed E-state index contributed by atoms with van der Waals surface area (Å²) in [6.45, 7) is 4.73. The lowest BCUT2D eigenvalue weighted by molar-refractivity contribution is 0.0437. The van der Waals surface area contributed by atoms with E-state index in [0.717, 1.165) is 12.1 Å². The van der Waals surface area contributed by atoms with Gasteiger partial charge in [-0.05, 0) is 38.1 Å². The summed E-state index contributed by atoms with van der Waals surface area (Å²) >= 11 is 0. The Morgan fingerprint density at radius 2 is 2.12 bits per heavy atom. The zero-order valence-electron chi connectivity index (χ0n) is 14.8. The molecule has 8 heteroatoms. The lowest BCUT2D eigenvalue weighted by atomic mass is 10.0. The van der Waals surface area contributed by atoms with Crippen LogP contribution in [-0.2, 0) is 5.60 Å². The number of aliphatic hydroxyl groups is 1. The third-order valence-corrected chi connectivity index (χ3v) is 3.49.